The second kappa shape index (κ2) is 12.2. The van der Waals surface area contributed by atoms with Gasteiger partial charge in [0.25, 0.3) is 5.91 Å². The molecule has 1 saturated carbocycles. The van der Waals surface area contributed by atoms with Gasteiger partial charge in [-0.2, -0.15) is 18.3 Å². The number of halogens is 5. The summed E-state index contributed by atoms with van der Waals surface area (Å²) in [5.74, 6) is -1.02. The van der Waals surface area contributed by atoms with E-state index in [0.29, 0.717) is 24.0 Å². The van der Waals surface area contributed by atoms with Crippen LogP contribution >= 0.6 is 15.9 Å². The Labute approximate surface area is 244 Å². The monoisotopic (exact) mass is 638 g/mol. The van der Waals surface area contributed by atoms with Crippen molar-refractivity contribution in [2.24, 2.45) is 5.92 Å². The molecular formula is C29H31BrF4N4O3. The molecule has 0 bridgehead atoms. The van der Waals surface area contributed by atoms with Crippen LogP contribution in [0.2, 0.25) is 0 Å². The van der Waals surface area contributed by atoms with Crippen LogP contribution in [0.25, 0.3) is 5.69 Å². The number of aromatic nitrogens is 2. The van der Waals surface area contributed by atoms with E-state index in [-0.39, 0.29) is 17.9 Å². The van der Waals surface area contributed by atoms with Gasteiger partial charge in [-0.05, 0) is 69.4 Å². The zero-order chi connectivity index (χ0) is 29.9. The van der Waals surface area contributed by atoms with Crippen LogP contribution in [0.3, 0.4) is 0 Å². The van der Waals surface area contributed by atoms with E-state index in [0.717, 1.165) is 28.8 Å². The van der Waals surface area contributed by atoms with Gasteiger partial charge in [0.1, 0.15) is 17.1 Å². The molecule has 1 fully saturated rings. The summed E-state index contributed by atoms with van der Waals surface area (Å²) in [6.07, 6.45) is -2.07. The first-order chi connectivity index (χ1) is 19.2. The number of carbonyl (C=O) groups is 2. The minimum atomic E-state index is -4.83. The van der Waals surface area contributed by atoms with Crippen molar-refractivity contribution in [1.29, 1.82) is 0 Å². The third-order valence-electron chi connectivity index (χ3n) is 6.33. The molecule has 0 saturated heterocycles. The molecule has 41 heavy (non-hydrogen) atoms. The van der Waals surface area contributed by atoms with Gasteiger partial charge >= 0.3 is 12.3 Å². The number of alkyl carbamates (subject to hydrolysis) is 1. The first kappa shape index (κ1) is 30.5. The maximum atomic E-state index is 14.9. The number of para-hydroxylation sites is 1. The lowest BCUT2D eigenvalue weighted by atomic mass is 10.1. The molecule has 1 N–H and O–H groups in total. The average Bonchev–Trinajstić information content (AvgIpc) is 3.60. The Kier molecular flexibility index (Phi) is 9.10. The fraction of sp³-hybridized carbons (Fsp3) is 0.414. The number of anilines is 1. The molecule has 2 aromatic carbocycles. The molecule has 3 aromatic rings. The highest BCUT2D eigenvalue weighted by Crippen LogP contribution is 2.37. The Hall–Kier alpha value is -3.41. The second-order valence-electron chi connectivity index (χ2n) is 10.9. The van der Waals surface area contributed by atoms with Crippen LogP contribution in [0.15, 0.2) is 54.6 Å². The number of hydrogen-bond acceptors (Lipinski definition) is 4. The lowest BCUT2D eigenvalue weighted by molar-refractivity contribution is -0.141. The first-order valence-electron chi connectivity index (χ1n) is 13.2. The Morgan fingerprint density at radius 1 is 1.12 bits per heavy atom. The van der Waals surface area contributed by atoms with E-state index in [2.05, 4.69) is 26.3 Å². The van der Waals surface area contributed by atoms with Gasteiger partial charge in [0.15, 0.2) is 5.69 Å². The Bertz CT molecular complexity index is 1400. The van der Waals surface area contributed by atoms with Crippen molar-refractivity contribution in [3.63, 3.8) is 0 Å². The number of amides is 2. The van der Waals surface area contributed by atoms with Crippen LogP contribution in [0.4, 0.5) is 28.0 Å². The van der Waals surface area contributed by atoms with Crippen molar-refractivity contribution in [2.75, 3.05) is 4.90 Å². The van der Waals surface area contributed by atoms with Crippen LogP contribution in [-0.2, 0) is 17.5 Å². The molecule has 0 spiro atoms. The molecule has 7 nitrogen and oxygen atoms in total. The summed E-state index contributed by atoms with van der Waals surface area (Å²) in [6, 6.07) is 12.5. The van der Waals surface area contributed by atoms with Crippen molar-refractivity contribution in [3.8, 4) is 5.69 Å². The highest BCUT2D eigenvalue weighted by Gasteiger charge is 2.38. The molecule has 1 heterocycles. The highest BCUT2D eigenvalue weighted by atomic mass is 79.9. The van der Waals surface area contributed by atoms with Gasteiger partial charge < -0.3 is 10.1 Å². The second-order valence-corrected chi connectivity index (χ2v) is 12.0. The summed E-state index contributed by atoms with van der Waals surface area (Å²) >= 11 is 3.50. The molecule has 2 amide bonds. The van der Waals surface area contributed by atoms with E-state index in [1.54, 1.807) is 39.0 Å². The molecule has 1 aliphatic carbocycles. The van der Waals surface area contributed by atoms with E-state index in [1.165, 1.54) is 30.3 Å². The standard InChI is InChI=1S/C29H31BrF4N4O3/c1-28(2,3)41-27(40)35-17-19-7-6-8-20(15-19)38-23(16-24(36-38)29(32,33)34)26(39)37(22-10-5-4-9-21(22)31)25(30)14-13-18-11-12-18/h4-10,15-16,18,25H,11-14,17H2,1-3H3,(H,35,40)/t25-/m1/s1. The molecule has 1 aromatic heterocycles. The van der Waals surface area contributed by atoms with E-state index < -0.39 is 45.9 Å². The number of benzene rings is 2. The summed E-state index contributed by atoms with van der Waals surface area (Å²) in [5, 5.41) is 6.32. The fourth-order valence-electron chi connectivity index (χ4n) is 4.22. The van der Waals surface area contributed by atoms with Gasteiger partial charge in [0.2, 0.25) is 0 Å². The number of ether oxygens (including phenoxy) is 1. The molecule has 1 aliphatic rings. The van der Waals surface area contributed by atoms with E-state index in [1.807, 2.05) is 0 Å². The lowest BCUT2D eigenvalue weighted by Gasteiger charge is -2.28. The van der Waals surface area contributed by atoms with Gasteiger partial charge in [-0.25, -0.2) is 13.9 Å². The molecule has 0 unspecified atom stereocenters. The van der Waals surface area contributed by atoms with Crippen LogP contribution in [-0.4, -0.2) is 32.3 Å². The SMILES string of the molecule is CC(C)(C)OC(=O)NCc1cccc(-n2nc(C(F)(F)F)cc2C(=O)N(c2ccccc2F)[C@@H](Br)CCC2CC2)c1. The molecular weight excluding hydrogens is 608 g/mol. The van der Waals surface area contributed by atoms with Gasteiger partial charge in [0, 0.05) is 12.6 Å². The van der Waals surface area contributed by atoms with Crippen molar-refractivity contribution >= 4 is 33.6 Å². The van der Waals surface area contributed by atoms with Crippen LogP contribution in [0.1, 0.15) is 68.2 Å². The van der Waals surface area contributed by atoms with Crippen molar-refractivity contribution in [2.45, 2.75) is 69.7 Å². The number of alkyl halides is 4. The lowest BCUT2D eigenvalue weighted by Crippen LogP contribution is -2.39. The predicted molar refractivity (Wildman–Crippen MR) is 150 cm³/mol. The maximum absolute atomic E-state index is 14.9. The summed E-state index contributed by atoms with van der Waals surface area (Å²) in [7, 11) is 0. The van der Waals surface area contributed by atoms with Crippen molar-refractivity contribution < 1.29 is 31.9 Å². The third kappa shape index (κ3) is 8.08. The third-order valence-corrected chi connectivity index (χ3v) is 7.20. The number of hydrogen-bond donors (Lipinski definition) is 1. The normalized spacial score (nSPS) is 14.4. The van der Waals surface area contributed by atoms with E-state index in [4.69, 9.17) is 4.74 Å². The molecule has 4 rings (SSSR count). The molecule has 220 valence electrons. The van der Waals surface area contributed by atoms with Crippen LogP contribution in [0.5, 0.6) is 0 Å². The van der Waals surface area contributed by atoms with Crippen molar-refractivity contribution in [1.82, 2.24) is 15.1 Å². The first-order valence-corrected chi connectivity index (χ1v) is 14.1. The maximum Gasteiger partial charge on any atom is 0.435 e. The minimum Gasteiger partial charge on any atom is -0.444 e. The van der Waals surface area contributed by atoms with Crippen LogP contribution < -0.4 is 10.2 Å². The molecule has 12 heteroatoms. The zero-order valence-electron chi connectivity index (χ0n) is 22.8. The van der Waals surface area contributed by atoms with Crippen LogP contribution in [0, 0.1) is 11.7 Å². The Balaban J connectivity index is 1.70. The fourth-order valence-corrected chi connectivity index (χ4v) is 4.89. The predicted octanol–water partition coefficient (Wildman–Crippen LogP) is 7.61. The molecule has 1 atom stereocenters. The molecule has 0 aliphatic heterocycles. The number of nitrogens with zero attached hydrogens (tertiary/aromatic N) is 3. The summed E-state index contributed by atoms with van der Waals surface area (Å²) < 4.78 is 62.5. The Morgan fingerprint density at radius 3 is 2.46 bits per heavy atom. The average molecular weight is 639 g/mol. The van der Waals surface area contributed by atoms with Gasteiger partial charge in [-0.3, -0.25) is 9.69 Å². The summed E-state index contributed by atoms with van der Waals surface area (Å²) in [5.41, 5.74) is -1.74. The Morgan fingerprint density at radius 2 is 1.83 bits per heavy atom. The van der Waals surface area contributed by atoms with E-state index >= 15 is 0 Å². The van der Waals surface area contributed by atoms with Crippen molar-refractivity contribution in [3.05, 3.63) is 77.4 Å². The zero-order valence-corrected chi connectivity index (χ0v) is 24.4. The summed E-state index contributed by atoms with van der Waals surface area (Å²) in [6.45, 7) is 5.17. The highest BCUT2D eigenvalue weighted by molar-refractivity contribution is 9.09. The van der Waals surface area contributed by atoms with E-state index in [9.17, 15) is 27.2 Å². The number of carbonyl (C=O) groups excluding carboxylic acids is 2. The quantitative estimate of drug-likeness (QED) is 0.149. The number of nitrogens with one attached hydrogen (secondary N) is 1. The van der Waals surface area contributed by atoms with Gasteiger partial charge in [-0.1, -0.05) is 53.0 Å². The summed E-state index contributed by atoms with van der Waals surface area (Å²) in [4.78, 5) is 26.5. The number of rotatable bonds is 9. The van der Waals surface area contributed by atoms with Gasteiger partial charge in [-0.15, -0.1) is 0 Å². The smallest absolute Gasteiger partial charge is 0.435 e. The largest absolute Gasteiger partial charge is 0.444 e. The minimum absolute atomic E-state index is 0.0193. The molecule has 0 radical (unpaired) electrons. The topological polar surface area (TPSA) is 76.5 Å². The van der Waals surface area contributed by atoms with Gasteiger partial charge in [0.05, 0.1) is 16.3 Å².